The molecule has 0 saturated heterocycles. The van der Waals surface area contributed by atoms with Gasteiger partial charge in [-0.3, -0.25) is 0 Å². The van der Waals surface area contributed by atoms with E-state index in [0.717, 1.165) is 6.54 Å². The number of methoxy groups -OCH3 is 1. The summed E-state index contributed by atoms with van der Waals surface area (Å²) in [4.78, 5) is 0. The molecule has 2 heteroatoms. The minimum atomic E-state index is 0.100. The summed E-state index contributed by atoms with van der Waals surface area (Å²) in [5, 5.41) is 3.76. The first-order valence-electron chi connectivity index (χ1n) is 7.48. The van der Waals surface area contributed by atoms with E-state index in [1.165, 1.54) is 44.9 Å². The SMILES string of the molecule is CCCNC(C(C)CC)C1(OC)CCCCC1. The van der Waals surface area contributed by atoms with Gasteiger partial charge in [-0.25, -0.2) is 0 Å². The van der Waals surface area contributed by atoms with Crippen molar-refractivity contribution in [2.75, 3.05) is 13.7 Å². The van der Waals surface area contributed by atoms with Crippen LogP contribution >= 0.6 is 0 Å². The summed E-state index contributed by atoms with van der Waals surface area (Å²) in [6.45, 7) is 8.00. The highest BCUT2D eigenvalue weighted by Crippen LogP contribution is 2.37. The third-order valence-electron chi connectivity index (χ3n) is 4.50. The Morgan fingerprint density at radius 3 is 2.29 bits per heavy atom. The summed E-state index contributed by atoms with van der Waals surface area (Å²) in [5.41, 5.74) is 0.100. The Labute approximate surface area is 108 Å². The monoisotopic (exact) mass is 241 g/mol. The summed E-state index contributed by atoms with van der Waals surface area (Å²) in [6, 6.07) is 0.526. The molecule has 1 saturated carbocycles. The maximum Gasteiger partial charge on any atom is 0.0833 e. The Balaban J connectivity index is 2.75. The van der Waals surface area contributed by atoms with Crippen LogP contribution in [0.25, 0.3) is 0 Å². The largest absolute Gasteiger partial charge is 0.377 e. The first-order valence-corrected chi connectivity index (χ1v) is 7.48. The molecule has 0 aromatic heterocycles. The van der Waals surface area contributed by atoms with Crippen LogP contribution in [0.2, 0.25) is 0 Å². The molecule has 2 atom stereocenters. The van der Waals surface area contributed by atoms with Gasteiger partial charge in [0, 0.05) is 13.2 Å². The Kier molecular flexibility index (Phi) is 6.50. The lowest BCUT2D eigenvalue weighted by Gasteiger charge is -2.45. The highest BCUT2D eigenvalue weighted by molar-refractivity contribution is 4.97. The van der Waals surface area contributed by atoms with Crippen LogP contribution in [-0.4, -0.2) is 25.3 Å². The minimum absolute atomic E-state index is 0.100. The summed E-state index contributed by atoms with van der Waals surface area (Å²) >= 11 is 0. The lowest BCUT2D eigenvalue weighted by molar-refractivity contribution is -0.0802. The molecule has 0 radical (unpaired) electrons. The fraction of sp³-hybridized carbons (Fsp3) is 1.00. The molecule has 17 heavy (non-hydrogen) atoms. The second kappa shape index (κ2) is 7.38. The van der Waals surface area contributed by atoms with Gasteiger partial charge in [0.25, 0.3) is 0 Å². The molecule has 2 nitrogen and oxygen atoms in total. The topological polar surface area (TPSA) is 21.3 Å². The second-order valence-electron chi connectivity index (χ2n) is 5.65. The maximum atomic E-state index is 6.00. The van der Waals surface area contributed by atoms with Gasteiger partial charge >= 0.3 is 0 Å². The smallest absolute Gasteiger partial charge is 0.0833 e. The van der Waals surface area contributed by atoms with E-state index in [-0.39, 0.29) is 5.60 Å². The zero-order valence-corrected chi connectivity index (χ0v) is 12.2. The molecule has 1 fully saturated rings. The molecule has 2 unspecified atom stereocenters. The summed E-state index contributed by atoms with van der Waals surface area (Å²) in [5.74, 6) is 0.694. The van der Waals surface area contributed by atoms with E-state index in [2.05, 4.69) is 26.1 Å². The molecule has 1 rings (SSSR count). The zero-order chi connectivity index (χ0) is 12.7. The molecule has 0 bridgehead atoms. The van der Waals surface area contributed by atoms with E-state index in [9.17, 15) is 0 Å². The molecule has 0 amide bonds. The third-order valence-corrected chi connectivity index (χ3v) is 4.50. The molecule has 0 aromatic rings. The van der Waals surface area contributed by atoms with Crippen LogP contribution in [0, 0.1) is 5.92 Å². The molecule has 0 spiro atoms. The molecule has 0 aliphatic heterocycles. The van der Waals surface area contributed by atoms with Crippen LogP contribution in [-0.2, 0) is 4.74 Å². The van der Waals surface area contributed by atoms with Crippen molar-refractivity contribution in [1.29, 1.82) is 0 Å². The van der Waals surface area contributed by atoms with Gasteiger partial charge in [0.2, 0.25) is 0 Å². The molecule has 1 aliphatic carbocycles. The Morgan fingerprint density at radius 1 is 1.18 bits per heavy atom. The zero-order valence-electron chi connectivity index (χ0n) is 12.2. The lowest BCUT2D eigenvalue weighted by atomic mass is 9.74. The van der Waals surface area contributed by atoms with E-state index in [1.807, 2.05) is 7.11 Å². The van der Waals surface area contributed by atoms with Crippen LogP contribution in [0.1, 0.15) is 65.7 Å². The van der Waals surface area contributed by atoms with E-state index in [4.69, 9.17) is 4.74 Å². The lowest BCUT2D eigenvalue weighted by Crippen LogP contribution is -2.56. The third kappa shape index (κ3) is 3.69. The van der Waals surface area contributed by atoms with Gasteiger partial charge in [-0.1, -0.05) is 46.5 Å². The van der Waals surface area contributed by atoms with Crippen LogP contribution in [0.3, 0.4) is 0 Å². The van der Waals surface area contributed by atoms with Crippen molar-refractivity contribution < 1.29 is 4.74 Å². The Morgan fingerprint density at radius 2 is 1.82 bits per heavy atom. The van der Waals surface area contributed by atoms with Gasteiger partial charge in [0.05, 0.1) is 5.60 Å². The van der Waals surface area contributed by atoms with Gasteiger partial charge in [-0.15, -0.1) is 0 Å². The van der Waals surface area contributed by atoms with Crippen molar-refractivity contribution in [3.8, 4) is 0 Å². The first-order chi connectivity index (χ1) is 8.20. The van der Waals surface area contributed by atoms with Crippen molar-refractivity contribution in [3.05, 3.63) is 0 Å². The molecule has 0 heterocycles. The van der Waals surface area contributed by atoms with Gasteiger partial charge < -0.3 is 10.1 Å². The highest BCUT2D eigenvalue weighted by Gasteiger charge is 2.41. The highest BCUT2D eigenvalue weighted by atomic mass is 16.5. The Hall–Kier alpha value is -0.0800. The van der Waals surface area contributed by atoms with E-state index in [1.54, 1.807) is 0 Å². The molecule has 1 aliphatic rings. The number of ether oxygens (including phenoxy) is 1. The van der Waals surface area contributed by atoms with Crippen molar-refractivity contribution >= 4 is 0 Å². The first kappa shape index (κ1) is 15.0. The van der Waals surface area contributed by atoms with Crippen LogP contribution < -0.4 is 5.32 Å². The number of hydrogen-bond donors (Lipinski definition) is 1. The van der Waals surface area contributed by atoms with E-state index in [0.29, 0.717) is 12.0 Å². The average molecular weight is 241 g/mol. The van der Waals surface area contributed by atoms with Crippen molar-refractivity contribution in [1.82, 2.24) is 5.32 Å². The van der Waals surface area contributed by atoms with Crippen LogP contribution in [0.15, 0.2) is 0 Å². The maximum absolute atomic E-state index is 6.00. The van der Waals surface area contributed by atoms with Crippen molar-refractivity contribution in [3.63, 3.8) is 0 Å². The summed E-state index contributed by atoms with van der Waals surface area (Å²) in [7, 11) is 1.91. The van der Waals surface area contributed by atoms with Gasteiger partial charge in [-0.2, -0.15) is 0 Å². The number of nitrogens with one attached hydrogen (secondary N) is 1. The van der Waals surface area contributed by atoms with E-state index >= 15 is 0 Å². The van der Waals surface area contributed by atoms with Crippen LogP contribution in [0.4, 0.5) is 0 Å². The quantitative estimate of drug-likeness (QED) is 0.733. The predicted octanol–water partition coefficient (Wildman–Crippen LogP) is 3.75. The van der Waals surface area contributed by atoms with Gasteiger partial charge in [0.1, 0.15) is 0 Å². The fourth-order valence-corrected chi connectivity index (χ4v) is 3.23. The average Bonchev–Trinajstić information content (AvgIpc) is 2.39. The molecular formula is C15H31NO. The normalized spacial score (nSPS) is 23.3. The molecule has 0 aromatic carbocycles. The predicted molar refractivity (Wildman–Crippen MR) is 74.4 cm³/mol. The Bertz CT molecular complexity index is 199. The van der Waals surface area contributed by atoms with E-state index < -0.39 is 0 Å². The number of rotatable bonds is 7. The molecule has 102 valence electrons. The number of hydrogen-bond acceptors (Lipinski definition) is 2. The van der Waals surface area contributed by atoms with Gasteiger partial charge in [0.15, 0.2) is 0 Å². The van der Waals surface area contributed by atoms with Crippen LogP contribution in [0.5, 0.6) is 0 Å². The van der Waals surface area contributed by atoms with Crippen molar-refractivity contribution in [2.24, 2.45) is 5.92 Å². The summed E-state index contributed by atoms with van der Waals surface area (Å²) in [6.07, 6.45) is 8.93. The molecular weight excluding hydrogens is 210 g/mol. The second-order valence-corrected chi connectivity index (χ2v) is 5.65. The van der Waals surface area contributed by atoms with Crippen molar-refractivity contribution in [2.45, 2.75) is 77.4 Å². The standard InChI is InChI=1S/C15H31NO/c1-5-12-16-14(13(3)6-2)15(17-4)10-8-7-9-11-15/h13-14,16H,5-12H2,1-4H3. The fourth-order valence-electron chi connectivity index (χ4n) is 3.23. The summed E-state index contributed by atoms with van der Waals surface area (Å²) < 4.78 is 6.00. The van der Waals surface area contributed by atoms with Gasteiger partial charge in [-0.05, 0) is 31.7 Å². The molecule has 1 N–H and O–H groups in total. The minimum Gasteiger partial charge on any atom is -0.377 e.